The third kappa shape index (κ3) is 4.08. The minimum atomic E-state index is -1.63. The topological polar surface area (TPSA) is 9.23 Å². The molecule has 130 valence electrons. The van der Waals surface area contributed by atoms with Crippen LogP contribution in [0.15, 0.2) is 24.3 Å². The third-order valence-electron chi connectivity index (χ3n) is 5.69. The van der Waals surface area contributed by atoms with E-state index in [1.165, 1.54) is 48.5 Å². The molecule has 0 spiro atoms. The van der Waals surface area contributed by atoms with Gasteiger partial charge in [-0.25, -0.2) is 0 Å². The molecule has 1 nitrogen and oxygen atoms in total. The van der Waals surface area contributed by atoms with Gasteiger partial charge in [0.15, 0.2) is 8.32 Å². The molecule has 0 unspecified atom stereocenters. The Hall–Kier alpha value is -0.603. The standard InChI is InChI=1S/C21H36OSi/c1-6-13-23(14-7-2,15-8-3)22-21(18(4)5)16-19-11-9-10-12-20(19)17-21/h9-12,18H,6-8,13-17H2,1-5H3. The average Bonchev–Trinajstić information content (AvgIpc) is 2.87. The molecule has 0 N–H and O–H groups in total. The number of benzene rings is 1. The molecule has 2 heteroatoms. The Labute approximate surface area is 145 Å². The zero-order chi connectivity index (χ0) is 16.9. The van der Waals surface area contributed by atoms with Crippen LogP contribution in [0.1, 0.15) is 65.0 Å². The predicted octanol–water partition coefficient (Wildman–Crippen LogP) is 6.37. The van der Waals surface area contributed by atoms with E-state index in [2.05, 4.69) is 58.9 Å². The first-order chi connectivity index (χ1) is 11.0. The Morgan fingerprint density at radius 1 is 0.913 bits per heavy atom. The molecule has 23 heavy (non-hydrogen) atoms. The first-order valence-corrected chi connectivity index (χ1v) is 12.3. The molecular weight excluding hydrogens is 296 g/mol. The van der Waals surface area contributed by atoms with Gasteiger partial charge in [0.25, 0.3) is 0 Å². The van der Waals surface area contributed by atoms with Crippen LogP contribution in [0.25, 0.3) is 0 Å². The average molecular weight is 333 g/mol. The SMILES string of the molecule is CCC[Si](CCC)(CCC)OC1(C(C)C)Cc2ccccc2C1. The van der Waals surface area contributed by atoms with Crippen molar-refractivity contribution in [2.45, 2.75) is 90.5 Å². The van der Waals surface area contributed by atoms with E-state index in [1.807, 2.05) is 0 Å². The second kappa shape index (κ2) is 7.98. The summed E-state index contributed by atoms with van der Waals surface area (Å²) < 4.78 is 7.29. The molecular formula is C21H36OSi. The fourth-order valence-corrected chi connectivity index (χ4v) is 9.57. The molecule has 0 heterocycles. The number of fused-ring (bicyclic) bond motifs is 1. The summed E-state index contributed by atoms with van der Waals surface area (Å²) in [6, 6.07) is 13.0. The molecule has 0 fully saturated rings. The second-order valence-corrected chi connectivity index (χ2v) is 11.9. The van der Waals surface area contributed by atoms with E-state index in [-0.39, 0.29) is 5.60 Å². The van der Waals surface area contributed by atoms with Crippen molar-refractivity contribution < 1.29 is 4.43 Å². The van der Waals surface area contributed by atoms with E-state index in [0.29, 0.717) is 5.92 Å². The van der Waals surface area contributed by atoms with Crippen molar-refractivity contribution in [3.05, 3.63) is 35.4 Å². The van der Waals surface area contributed by atoms with Gasteiger partial charge >= 0.3 is 0 Å². The second-order valence-electron chi connectivity index (χ2n) is 7.88. The predicted molar refractivity (Wildman–Crippen MR) is 104 cm³/mol. The molecule has 1 aliphatic carbocycles. The number of hydrogen-bond donors (Lipinski definition) is 0. The maximum absolute atomic E-state index is 7.29. The Bertz CT molecular complexity index is 452. The van der Waals surface area contributed by atoms with Crippen LogP contribution in [0, 0.1) is 5.92 Å². The highest BCUT2D eigenvalue weighted by Gasteiger charge is 2.47. The van der Waals surface area contributed by atoms with Gasteiger partial charge in [0.1, 0.15) is 0 Å². The van der Waals surface area contributed by atoms with E-state index >= 15 is 0 Å². The molecule has 0 aromatic heterocycles. The van der Waals surface area contributed by atoms with Crippen molar-refractivity contribution >= 4 is 8.32 Å². The zero-order valence-electron chi connectivity index (χ0n) is 16.0. The minimum Gasteiger partial charge on any atom is -0.410 e. The van der Waals surface area contributed by atoms with E-state index in [0.717, 1.165) is 12.8 Å². The molecule has 1 aromatic carbocycles. The quantitative estimate of drug-likeness (QED) is 0.477. The summed E-state index contributed by atoms with van der Waals surface area (Å²) in [6.07, 6.45) is 6.05. The van der Waals surface area contributed by atoms with Crippen LogP contribution in [0.3, 0.4) is 0 Å². The molecule has 2 rings (SSSR count). The highest BCUT2D eigenvalue weighted by atomic mass is 28.4. The van der Waals surface area contributed by atoms with Crippen LogP contribution in [0.4, 0.5) is 0 Å². The van der Waals surface area contributed by atoms with Gasteiger partial charge in [-0.3, -0.25) is 0 Å². The van der Waals surface area contributed by atoms with Crippen LogP contribution in [0.2, 0.25) is 18.1 Å². The van der Waals surface area contributed by atoms with Crippen LogP contribution in [0.5, 0.6) is 0 Å². The van der Waals surface area contributed by atoms with Gasteiger partial charge in [-0.2, -0.15) is 0 Å². The lowest BCUT2D eigenvalue weighted by atomic mass is 9.87. The van der Waals surface area contributed by atoms with Gasteiger partial charge in [0.05, 0.1) is 5.60 Å². The molecule has 0 atom stereocenters. The van der Waals surface area contributed by atoms with Crippen molar-refractivity contribution in [3.63, 3.8) is 0 Å². The highest BCUT2D eigenvalue weighted by Crippen LogP contribution is 2.43. The first-order valence-electron chi connectivity index (χ1n) is 9.78. The molecule has 1 aliphatic rings. The lowest BCUT2D eigenvalue weighted by molar-refractivity contribution is 0.0194. The normalized spacial score (nSPS) is 16.8. The summed E-state index contributed by atoms with van der Waals surface area (Å²) in [5, 5.41) is 0. The van der Waals surface area contributed by atoms with Gasteiger partial charge in [-0.15, -0.1) is 0 Å². The van der Waals surface area contributed by atoms with E-state index < -0.39 is 8.32 Å². The fourth-order valence-electron chi connectivity index (χ4n) is 4.53. The Balaban J connectivity index is 2.30. The maximum atomic E-state index is 7.29. The highest BCUT2D eigenvalue weighted by molar-refractivity contribution is 6.73. The zero-order valence-corrected chi connectivity index (χ0v) is 17.0. The first kappa shape index (κ1) is 18.7. The Morgan fingerprint density at radius 3 is 1.70 bits per heavy atom. The molecule has 0 saturated carbocycles. The van der Waals surface area contributed by atoms with Crippen molar-refractivity contribution in [1.82, 2.24) is 0 Å². The van der Waals surface area contributed by atoms with E-state index in [4.69, 9.17) is 4.43 Å². The molecule has 0 saturated heterocycles. The molecule has 1 aromatic rings. The smallest absolute Gasteiger partial charge is 0.193 e. The summed E-state index contributed by atoms with van der Waals surface area (Å²) in [5.41, 5.74) is 3.09. The van der Waals surface area contributed by atoms with Crippen molar-refractivity contribution in [2.24, 2.45) is 5.92 Å². The van der Waals surface area contributed by atoms with Crippen LogP contribution in [-0.2, 0) is 17.3 Å². The molecule has 0 amide bonds. The lowest BCUT2D eigenvalue weighted by Gasteiger charge is -2.44. The third-order valence-corrected chi connectivity index (χ3v) is 10.8. The van der Waals surface area contributed by atoms with Crippen molar-refractivity contribution in [2.75, 3.05) is 0 Å². The monoisotopic (exact) mass is 332 g/mol. The number of rotatable bonds is 9. The molecule has 0 aliphatic heterocycles. The van der Waals surface area contributed by atoms with Gasteiger partial charge in [-0.05, 0) is 35.2 Å². The summed E-state index contributed by atoms with van der Waals surface area (Å²) >= 11 is 0. The fraction of sp³-hybridized carbons (Fsp3) is 0.714. The maximum Gasteiger partial charge on any atom is 0.193 e. The summed E-state index contributed by atoms with van der Waals surface area (Å²) in [7, 11) is -1.63. The minimum absolute atomic E-state index is 0.0510. The molecule has 0 bridgehead atoms. The van der Waals surface area contributed by atoms with Crippen LogP contribution >= 0.6 is 0 Å². The largest absolute Gasteiger partial charge is 0.410 e. The van der Waals surface area contributed by atoms with Gasteiger partial charge < -0.3 is 4.43 Å². The summed E-state index contributed by atoms with van der Waals surface area (Å²) in [5.74, 6) is 0.576. The van der Waals surface area contributed by atoms with Gasteiger partial charge in [0, 0.05) is 12.8 Å². The van der Waals surface area contributed by atoms with Crippen molar-refractivity contribution in [1.29, 1.82) is 0 Å². The Kier molecular flexibility index (Phi) is 6.50. The van der Waals surface area contributed by atoms with Crippen molar-refractivity contribution in [3.8, 4) is 0 Å². The Morgan fingerprint density at radius 2 is 1.35 bits per heavy atom. The van der Waals surface area contributed by atoms with Gasteiger partial charge in [0.2, 0.25) is 0 Å². The summed E-state index contributed by atoms with van der Waals surface area (Å²) in [6.45, 7) is 11.7. The van der Waals surface area contributed by atoms with Crippen LogP contribution in [-0.4, -0.2) is 13.9 Å². The van der Waals surface area contributed by atoms with E-state index in [1.54, 1.807) is 0 Å². The summed E-state index contributed by atoms with van der Waals surface area (Å²) in [4.78, 5) is 0. The lowest BCUT2D eigenvalue weighted by Crippen LogP contribution is -2.51. The number of hydrogen-bond acceptors (Lipinski definition) is 1. The molecule has 0 radical (unpaired) electrons. The van der Waals surface area contributed by atoms with E-state index in [9.17, 15) is 0 Å². The van der Waals surface area contributed by atoms with Gasteiger partial charge in [-0.1, -0.05) is 78.1 Å². The van der Waals surface area contributed by atoms with Crippen LogP contribution < -0.4 is 0 Å².